The number of hydrogen-bond acceptors (Lipinski definition) is 6. The van der Waals surface area contributed by atoms with E-state index in [1.807, 2.05) is 54.4 Å². The maximum atomic E-state index is 13.6. The van der Waals surface area contributed by atoms with Crippen molar-refractivity contribution in [3.05, 3.63) is 53.1 Å². The van der Waals surface area contributed by atoms with Crippen molar-refractivity contribution in [3.8, 4) is 16.9 Å². The number of carbonyl (C=O) groups is 2. The average Bonchev–Trinajstić information content (AvgIpc) is 3.48. The van der Waals surface area contributed by atoms with Gasteiger partial charge in [0.15, 0.2) is 0 Å². The zero-order chi connectivity index (χ0) is 28.7. The van der Waals surface area contributed by atoms with Crippen LogP contribution in [-0.4, -0.2) is 69.0 Å². The number of piperidine rings is 1. The Kier molecular flexibility index (Phi) is 10.3. The first-order valence-corrected chi connectivity index (χ1v) is 14.6. The quantitative estimate of drug-likeness (QED) is 0.348. The third-order valence-corrected chi connectivity index (χ3v) is 8.94. The second-order valence-corrected chi connectivity index (χ2v) is 11.4. The molecule has 1 aliphatic heterocycles. The van der Waals surface area contributed by atoms with Gasteiger partial charge in [-0.15, -0.1) is 0 Å². The number of alkyl carbamates (subject to hydrolysis) is 1. The van der Waals surface area contributed by atoms with Crippen molar-refractivity contribution in [3.63, 3.8) is 0 Å². The number of aliphatic hydroxyl groups is 1. The molecule has 2 amide bonds. The van der Waals surface area contributed by atoms with Gasteiger partial charge in [0.1, 0.15) is 5.75 Å². The van der Waals surface area contributed by atoms with Crippen LogP contribution in [0.15, 0.2) is 42.5 Å². The number of carbonyl (C=O) groups excluding carboxylic acids is 2. The molecule has 218 valence electrons. The van der Waals surface area contributed by atoms with Crippen LogP contribution >= 0.6 is 11.6 Å². The molecule has 2 aromatic carbocycles. The smallest absolute Gasteiger partial charge is 0.406 e. The number of benzene rings is 2. The number of nitrogens with one attached hydrogen (secondary N) is 2. The summed E-state index contributed by atoms with van der Waals surface area (Å²) >= 11 is 6.82. The molecule has 1 heterocycles. The maximum absolute atomic E-state index is 13.6. The zero-order valence-corrected chi connectivity index (χ0v) is 24.5. The lowest BCUT2D eigenvalue weighted by molar-refractivity contribution is -0.140. The highest BCUT2D eigenvalue weighted by molar-refractivity contribution is 6.33. The van der Waals surface area contributed by atoms with Gasteiger partial charge in [-0.25, -0.2) is 4.79 Å². The lowest BCUT2D eigenvalue weighted by atomic mass is 9.72. The number of hydrogen-bond donors (Lipinski definition) is 3. The summed E-state index contributed by atoms with van der Waals surface area (Å²) < 4.78 is 10.2. The van der Waals surface area contributed by atoms with Crippen LogP contribution in [0.2, 0.25) is 5.02 Å². The van der Waals surface area contributed by atoms with Crippen LogP contribution in [0, 0.1) is 11.8 Å². The van der Waals surface area contributed by atoms with Crippen molar-refractivity contribution < 1.29 is 24.2 Å². The SMILES string of the molecule is CNC1CCC(C(=O)N2CCCC(C(O)(CCCNC(=O)OC)c3cccc(Cl)c3-c3cccc(OC)c3)C2)C1. The van der Waals surface area contributed by atoms with Crippen LogP contribution in [0.4, 0.5) is 4.79 Å². The fourth-order valence-electron chi connectivity index (χ4n) is 6.43. The molecule has 2 aliphatic rings. The standard InChI is InChI=1S/C31H42ClN3O5/c1-33-24-14-13-22(18-24)29(36)35-17-6-9-23(20-35)31(38,15-7-16-34-30(37)40-3)26-11-5-12-27(32)28(26)21-8-4-10-25(19-21)39-2/h4-5,8,10-12,19,22-24,33,38H,6-7,9,13-18,20H2,1-3H3,(H,34,37). The van der Waals surface area contributed by atoms with Crippen molar-refractivity contribution in [2.75, 3.05) is 40.9 Å². The van der Waals surface area contributed by atoms with Crippen molar-refractivity contribution in [2.45, 2.75) is 56.6 Å². The molecule has 8 nitrogen and oxygen atoms in total. The van der Waals surface area contributed by atoms with Crippen molar-refractivity contribution in [1.29, 1.82) is 0 Å². The van der Waals surface area contributed by atoms with E-state index in [4.69, 9.17) is 21.1 Å². The normalized spacial score (nSPS) is 22.4. The van der Waals surface area contributed by atoms with Gasteiger partial charge < -0.3 is 30.1 Å². The number of likely N-dealkylation sites (tertiary alicyclic amines) is 1. The van der Waals surface area contributed by atoms with E-state index in [1.165, 1.54) is 7.11 Å². The first-order valence-electron chi connectivity index (χ1n) is 14.2. The highest BCUT2D eigenvalue weighted by atomic mass is 35.5. The second kappa shape index (κ2) is 13.7. The van der Waals surface area contributed by atoms with Gasteiger partial charge in [0.05, 0.1) is 19.8 Å². The van der Waals surface area contributed by atoms with Gasteiger partial charge in [0, 0.05) is 48.1 Å². The molecule has 4 rings (SSSR count). The van der Waals surface area contributed by atoms with Crippen LogP contribution in [-0.2, 0) is 15.1 Å². The van der Waals surface area contributed by atoms with Crippen LogP contribution in [0.5, 0.6) is 5.75 Å². The lowest BCUT2D eigenvalue weighted by Gasteiger charge is -2.44. The molecule has 3 N–H and O–H groups in total. The molecule has 4 atom stereocenters. The number of ether oxygens (including phenoxy) is 2. The largest absolute Gasteiger partial charge is 0.497 e. The maximum Gasteiger partial charge on any atom is 0.406 e. The van der Waals surface area contributed by atoms with Gasteiger partial charge in [0.2, 0.25) is 5.91 Å². The first kappa shape index (κ1) is 30.2. The Balaban J connectivity index is 1.67. The molecule has 0 bridgehead atoms. The highest BCUT2D eigenvalue weighted by Crippen LogP contribution is 2.46. The summed E-state index contributed by atoms with van der Waals surface area (Å²) in [5, 5.41) is 19.2. The van der Waals surface area contributed by atoms with E-state index in [0.29, 0.717) is 49.3 Å². The minimum Gasteiger partial charge on any atom is -0.497 e. The molecule has 0 spiro atoms. The topological polar surface area (TPSA) is 100 Å². The fourth-order valence-corrected chi connectivity index (χ4v) is 6.71. The van der Waals surface area contributed by atoms with E-state index >= 15 is 0 Å². The first-order chi connectivity index (χ1) is 19.3. The van der Waals surface area contributed by atoms with Crippen LogP contribution in [0.3, 0.4) is 0 Å². The number of methoxy groups -OCH3 is 2. The van der Waals surface area contributed by atoms with Crippen LogP contribution in [0.25, 0.3) is 11.1 Å². The minimum atomic E-state index is -1.29. The summed E-state index contributed by atoms with van der Waals surface area (Å²) in [6.45, 7) is 1.53. The summed E-state index contributed by atoms with van der Waals surface area (Å²) in [6, 6.07) is 13.7. The van der Waals surface area contributed by atoms with E-state index in [9.17, 15) is 14.7 Å². The molecule has 1 saturated heterocycles. The Morgan fingerprint density at radius 1 is 1.15 bits per heavy atom. The third-order valence-electron chi connectivity index (χ3n) is 8.63. The van der Waals surface area contributed by atoms with Gasteiger partial charge >= 0.3 is 6.09 Å². The predicted molar refractivity (Wildman–Crippen MR) is 156 cm³/mol. The van der Waals surface area contributed by atoms with Gasteiger partial charge in [-0.2, -0.15) is 0 Å². The van der Waals surface area contributed by atoms with Crippen molar-refractivity contribution in [2.24, 2.45) is 11.8 Å². The second-order valence-electron chi connectivity index (χ2n) is 11.0. The lowest BCUT2D eigenvalue weighted by Crippen LogP contribution is -2.49. The number of amides is 2. The number of nitrogens with zero attached hydrogens (tertiary/aromatic N) is 1. The van der Waals surface area contributed by atoms with E-state index in [-0.39, 0.29) is 17.7 Å². The van der Waals surface area contributed by atoms with Crippen molar-refractivity contribution in [1.82, 2.24) is 15.5 Å². The molecule has 1 aliphatic carbocycles. The van der Waals surface area contributed by atoms with Gasteiger partial charge in [0.25, 0.3) is 0 Å². The predicted octanol–water partition coefficient (Wildman–Crippen LogP) is 4.97. The fraction of sp³-hybridized carbons (Fsp3) is 0.548. The van der Waals surface area contributed by atoms with Gasteiger partial charge in [-0.05, 0) is 81.3 Å². The molecule has 40 heavy (non-hydrogen) atoms. The third kappa shape index (κ3) is 6.73. The summed E-state index contributed by atoms with van der Waals surface area (Å²) in [5.41, 5.74) is 1.03. The summed E-state index contributed by atoms with van der Waals surface area (Å²) in [5.74, 6) is 0.705. The Morgan fingerprint density at radius 2 is 1.95 bits per heavy atom. The van der Waals surface area contributed by atoms with Gasteiger partial charge in [-0.3, -0.25) is 4.79 Å². The Morgan fingerprint density at radius 3 is 2.67 bits per heavy atom. The molecule has 1 saturated carbocycles. The minimum absolute atomic E-state index is 0.0204. The molecule has 4 unspecified atom stereocenters. The molecule has 2 aromatic rings. The zero-order valence-electron chi connectivity index (χ0n) is 23.7. The summed E-state index contributed by atoms with van der Waals surface area (Å²) in [4.78, 5) is 27.2. The molecular formula is C31H42ClN3O5. The van der Waals surface area contributed by atoms with Crippen LogP contribution < -0.4 is 15.4 Å². The molecule has 9 heteroatoms. The number of halogens is 1. The highest BCUT2D eigenvalue weighted by Gasteiger charge is 2.44. The Bertz CT molecular complexity index is 1180. The Labute approximate surface area is 242 Å². The molecule has 2 fully saturated rings. The van der Waals surface area contributed by atoms with E-state index < -0.39 is 11.7 Å². The van der Waals surface area contributed by atoms with Crippen LogP contribution in [0.1, 0.15) is 50.5 Å². The number of rotatable bonds is 10. The monoisotopic (exact) mass is 571 g/mol. The van der Waals surface area contributed by atoms with Crippen molar-refractivity contribution >= 4 is 23.6 Å². The summed E-state index contributed by atoms with van der Waals surface area (Å²) in [7, 11) is 4.90. The van der Waals surface area contributed by atoms with E-state index in [1.54, 1.807) is 7.11 Å². The average molecular weight is 572 g/mol. The Hall–Kier alpha value is -2.81. The molecule has 0 radical (unpaired) electrons. The molecular weight excluding hydrogens is 530 g/mol. The van der Waals surface area contributed by atoms with E-state index in [2.05, 4.69) is 10.6 Å². The van der Waals surface area contributed by atoms with E-state index in [0.717, 1.165) is 48.8 Å². The summed E-state index contributed by atoms with van der Waals surface area (Å²) in [6.07, 6.45) is 4.74. The molecule has 0 aromatic heterocycles. The van der Waals surface area contributed by atoms with Gasteiger partial charge in [-0.1, -0.05) is 35.9 Å².